The molecule has 2 aromatic carbocycles. The predicted octanol–water partition coefficient (Wildman–Crippen LogP) is 3.71. The van der Waals surface area contributed by atoms with Gasteiger partial charge in [0.2, 0.25) is 0 Å². The van der Waals surface area contributed by atoms with Crippen LogP contribution in [0.25, 0.3) is 0 Å². The predicted molar refractivity (Wildman–Crippen MR) is 100 cm³/mol. The van der Waals surface area contributed by atoms with Crippen LogP contribution < -0.4 is 10.6 Å². The smallest absolute Gasteiger partial charge is 0.251 e. The van der Waals surface area contributed by atoms with Gasteiger partial charge in [-0.3, -0.25) is 4.79 Å². The van der Waals surface area contributed by atoms with Crippen LogP contribution in [0.2, 0.25) is 0 Å². The number of carbonyl (C=O) groups excluding carboxylic acids is 1. The number of thioether (sulfide) groups is 1. The molecule has 24 heavy (non-hydrogen) atoms. The lowest BCUT2D eigenvalue weighted by atomic mass is 9.99. The molecular weight excluding hydrogens is 316 g/mol. The first-order valence-electron chi connectivity index (χ1n) is 8.57. The van der Waals surface area contributed by atoms with Crippen molar-refractivity contribution in [1.82, 2.24) is 10.6 Å². The van der Waals surface area contributed by atoms with E-state index in [2.05, 4.69) is 34.9 Å². The summed E-state index contributed by atoms with van der Waals surface area (Å²) in [5.74, 6) is 1.51. The molecule has 1 heterocycles. The summed E-state index contributed by atoms with van der Waals surface area (Å²) in [4.78, 5) is 13.5. The molecule has 0 bridgehead atoms. The third kappa shape index (κ3) is 5.11. The highest BCUT2D eigenvalue weighted by molar-refractivity contribution is 7.98. The van der Waals surface area contributed by atoms with E-state index in [1.54, 1.807) is 0 Å². The molecule has 3 nitrogen and oxygen atoms in total. The largest absolute Gasteiger partial charge is 0.352 e. The van der Waals surface area contributed by atoms with Crippen molar-refractivity contribution in [2.45, 2.75) is 23.5 Å². The van der Waals surface area contributed by atoms with Crippen molar-refractivity contribution in [3.63, 3.8) is 0 Å². The van der Waals surface area contributed by atoms with Crippen molar-refractivity contribution < 1.29 is 4.79 Å². The molecular formula is C20H24N2OS. The van der Waals surface area contributed by atoms with Crippen LogP contribution in [0.1, 0.15) is 28.8 Å². The monoisotopic (exact) mass is 340 g/mol. The third-order valence-electron chi connectivity index (χ3n) is 4.32. The van der Waals surface area contributed by atoms with Gasteiger partial charge in [-0.25, -0.2) is 0 Å². The summed E-state index contributed by atoms with van der Waals surface area (Å²) < 4.78 is 0. The Bertz CT molecular complexity index is 636. The van der Waals surface area contributed by atoms with Crippen LogP contribution in [0.15, 0.2) is 59.5 Å². The van der Waals surface area contributed by atoms with E-state index in [4.69, 9.17) is 0 Å². The lowest BCUT2D eigenvalue weighted by molar-refractivity contribution is 0.0945. The van der Waals surface area contributed by atoms with Gasteiger partial charge >= 0.3 is 0 Å². The number of carbonyl (C=O) groups is 1. The van der Waals surface area contributed by atoms with Crippen LogP contribution in [0, 0.1) is 5.92 Å². The quantitative estimate of drug-likeness (QED) is 0.788. The van der Waals surface area contributed by atoms with E-state index in [9.17, 15) is 4.79 Å². The van der Waals surface area contributed by atoms with Gasteiger partial charge in [-0.15, -0.1) is 11.8 Å². The van der Waals surface area contributed by atoms with Crippen LogP contribution in [0.3, 0.4) is 0 Å². The van der Waals surface area contributed by atoms with Crippen LogP contribution >= 0.6 is 11.8 Å². The van der Waals surface area contributed by atoms with Crippen LogP contribution in [0.5, 0.6) is 0 Å². The van der Waals surface area contributed by atoms with Crippen molar-refractivity contribution in [1.29, 1.82) is 0 Å². The molecule has 1 atom stereocenters. The third-order valence-corrected chi connectivity index (χ3v) is 5.40. The molecule has 4 heteroatoms. The molecule has 0 aliphatic carbocycles. The summed E-state index contributed by atoms with van der Waals surface area (Å²) in [6, 6.07) is 18.3. The van der Waals surface area contributed by atoms with Crippen molar-refractivity contribution in [2.75, 3.05) is 19.6 Å². The lowest BCUT2D eigenvalue weighted by Gasteiger charge is -2.22. The molecule has 0 aromatic heterocycles. The second-order valence-electron chi connectivity index (χ2n) is 6.22. The second kappa shape index (κ2) is 8.90. The number of nitrogens with one attached hydrogen (secondary N) is 2. The van der Waals surface area contributed by atoms with Gasteiger partial charge in [0.15, 0.2) is 0 Å². The number of hydrogen-bond donors (Lipinski definition) is 2. The summed E-state index contributed by atoms with van der Waals surface area (Å²) >= 11 is 1.81. The Morgan fingerprint density at radius 1 is 1.12 bits per heavy atom. The number of piperidine rings is 1. The molecule has 0 radical (unpaired) electrons. The van der Waals surface area contributed by atoms with E-state index in [0.29, 0.717) is 5.92 Å². The van der Waals surface area contributed by atoms with Crippen LogP contribution in [-0.4, -0.2) is 25.5 Å². The highest BCUT2D eigenvalue weighted by Gasteiger charge is 2.14. The average molecular weight is 340 g/mol. The van der Waals surface area contributed by atoms with E-state index in [1.165, 1.54) is 23.3 Å². The fourth-order valence-corrected chi connectivity index (χ4v) is 3.75. The van der Waals surface area contributed by atoms with Gasteiger partial charge in [0, 0.05) is 22.8 Å². The second-order valence-corrected chi connectivity index (χ2v) is 7.27. The van der Waals surface area contributed by atoms with Crippen LogP contribution in [0.4, 0.5) is 0 Å². The molecule has 2 N–H and O–H groups in total. The molecule has 1 amide bonds. The van der Waals surface area contributed by atoms with Gasteiger partial charge in [0.05, 0.1) is 0 Å². The fraction of sp³-hybridized carbons (Fsp3) is 0.350. The molecule has 1 fully saturated rings. The fourth-order valence-electron chi connectivity index (χ4n) is 2.87. The average Bonchev–Trinajstić information content (AvgIpc) is 2.66. The summed E-state index contributed by atoms with van der Waals surface area (Å²) in [7, 11) is 0. The Morgan fingerprint density at radius 2 is 1.92 bits per heavy atom. The van der Waals surface area contributed by atoms with E-state index in [1.807, 2.05) is 42.1 Å². The molecule has 1 aliphatic heterocycles. The first-order chi connectivity index (χ1) is 11.8. The number of amides is 1. The van der Waals surface area contributed by atoms with Gasteiger partial charge in [-0.2, -0.15) is 0 Å². The maximum atomic E-state index is 12.2. The standard InChI is InChI=1S/C20H24N2OS/c23-20(22-14-17-5-4-12-21-13-17)18-10-8-16(9-11-18)15-24-19-6-2-1-3-7-19/h1-3,6-11,17,21H,4-5,12-15H2,(H,22,23). The minimum atomic E-state index is 0.0304. The van der Waals surface area contributed by atoms with Gasteiger partial charge in [0.25, 0.3) is 5.91 Å². The van der Waals surface area contributed by atoms with E-state index in [-0.39, 0.29) is 5.91 Å². The Hall–Kier alpha value is -1.78. The maximum Gasteiger partial charge on any atom is 0.251 e. The molecule has 1 aliphatic rings. The molecule has 2 aromatic rings. The number of rotatable bonds is 6. The Labute approximate surface area is 148 Å². The van der Waals surface area contributed by atoms with E-state index >= 15 is 0 Å². The molecule has 1 saturated heterocycles. The van der Waals surface area contributed by atoms with Crippen molar-refractivity contribution in [3.05, 3.63) is 65.7 Å². The number of benzene rings is 2. The van der Waals surface area contributed by atoms with Crippen molar-refractivity contribution in [3.8, 4) is 0 Å². The summed E-state index contributed by atoms with van der Waals surface area (Å²) in [5.41, 5.74) is 1.98. The maximum absolute atomic E-state index is 12.2. The van der Waals surface area contributed by atoms with Gasteiger partial charge in [0.1, 0.15) is 0 Å². The first kappa shape index (κ1) is 17.1. The van der Waals surface area contributed by atoms with Crippen LogP contribution in [-0.2, 0) is 5.75 Å². The molecule has 1 unspecified atom stereocenters. The molecule has 0 spiro atoms. The lowest BCUT2D eigenvalue weighted by Crippen LogP contribution is -2.38. The van der Waals surface area contributed by atoms with Gasteiger partial charge in [-0.1, -0.05) is 30.3 Å². The zero-order valence-corrected chi connectivity index (χ0v) is 14.6. The number of hydrogen-bond acceptors (Lipinski definition) is 3. The summed E-state index contributed by atoms with van der Waals surface area (Å²) in [6.07, 6.45) is 2.40. The Morgan fingerprint density at radius 3 is 2.62 bits per heavy atom. The summed E-state index contributed by atoms with van der Waals surface area (Å²) in [6.45, 7) is 2.88. The Balaban J connectivity index is 1.47. The zero-order chi connectivity index (χ0) is 16.6. The Kier molecular flexibility index (Phi) is 6.33. The van der Waals surface area contributed by atoms with E-state index < -0.39 is 0 Å². The normalized spacial score (nSPS) is 17.4. The minimum Gasteiger partial charge on any atom is -0.352 e. The topological polar surface area (TPSA) is 41.1 Å². The van der Waals surface area contributed by atoms with Crippen molar-refractivity contribution in [2.24, 2.45) is 5.92 Å². The van der Waals surface area contributed by atoms with Gasteiger partial charge < -0.3 is 10.6 Å². The minimum absolute atomic E-state index is 0.0304. The SMILES string of the molecule is O=C(NCC1CCCNC1)c1ccc(CSc2ccccc2)cc1. The van der Waals surface area contributed by atoms with Gasteiger partial charge in [-0.05, 0) is 61.7 Å². The highest BCUT2D eigenvalue weighted by Crippen LogP contribution is 2.22. The van der Waals surface area contributed by atoms with Crippen molar-refractivity contribution >= 4 is 17.7 Å². The van der Waals surface area contributed by atoms with E-state index in [0.717, 1.165) is 31.0 Å². The molecule has 0 saturated carbocycles. The molecule has 3 rings (SSSR count). The highest BCUT2D eigenvalue weighted by atomic mass is 32.2. The summed E-state index contributed by atoms with van der Waals surface area (Å²) in [5, 5.41) is 6.44. The first-order valence-corrected chi connectivity index (χ1v) is 9.55. The zero-order valence-electron chi connectivity index (χ0n) is 13.8. The molecule has 126 valence electrons.